The molecule has 4 aliphatic rings. The lowest BCUT2D eigenvalue weighted by atomic mass is 9.43. The number of halogens is 2. The van der Waals surface area contributed by atoms with E-state index in [1.807, 2.05) is 6.92 Å². The van der Waals surface area contributed by atoms with Gasteiger partial charge in [0.2, 0.25) is 5.91 Å². The number of carbonyl (C=O) groups is 2. The molecule has 0 spiro atoms. The first kappa shape index (κ1) is 25.8. The summed E-state index contributed by atoms with van der Waals surface area (Å²) in [4.78, 5) is 22.6. The van der Waals surface area contributed by atoms with Gasteiger partial charge in [-0.05, 0) is 91.8 Å². The Hall–Kier alpha value is -1.28. The number of rotatable bonds is 7. The number of carbonyl (C=O) groups excluding carboxylic acids is 1. The Morgan fingerprint density at radius 2 is 1.71 bits per heavy atom. The van der Waals surface area contributed by atoms with Crippen molar-refractivity contribution in [1.82, 2.24) is 5.32 Å². The van der Waals surface area contributed by atoms with Crippen LogP contribution in [-0.2, 0) is 9.59 Å². The second kappa shape index (κ2) is 9.30. The Labute approximate surface area is 200 Å². The molecule has 4 N–H and O–H groups in total. The molecular formula is C26H41F2NO5. The monoisotopic (exact) mass is 485 g/mol. The van der Waals surface area contributed by atoms with Crippen molar-refractivity contribution in [3.8, 4) is 0 Å². The van der Waals surface area contributed by atoms with Crippen LogP contribution in [0.25, 0.3) is 0 Å². The SMILES string of the molecule is CC12CCC3C(C(O)CC4CC(O)C(F)(F)CC43C)C1CCC2CCCC(=O)NCCC(=O)O. The highest BCUT2D eigenvalue weighted by Crippen LogP contribution is 2.68. The molecule has 0 aliphatic heterocycles. The lowest BCUT2D eigenvalue weighted by Gasteiger charge is -2.63. The first-order chi connectivity index (χ1) is 15.9. The van der Waals surface area contributed by atoms with Crippen LogP contribution in [0.3, 0.4) is 0 Å². The number of hydrogen-bond donors (Lipinski definition) is 4. The number of hydrogen-bond acceptors (Lipinski definition) is 4. The van der Waals surface area contributed by atoms with Crippen LogP contribution in [0, 0.1) is 40.4 Å². The van der Waals surface area contributed by atoms with Crippen molar-refractivity contribution in [2.75, 3.05) is 6.54 Å². The topological polar surface area (TPSA) is 107 Å². The van der Waals surface area contributed by atoms with Crippen LogP contribution in [0.5, 0.6) is 0 Å². The van der Waals surface area contributed by atoms with E-state index in [0.29, 0.717) is 24.7 Å². The Balaban J connectivity index is 1.40. The van der Waals surface area contributed by atoms with Gasteiger partial charge in [0.15, 0.2) is 0 Å². The predicted octanol–water partition coefficient (Wildman–Crippen LogP) is 3.98. The molecule has 4 aliphatic carbocycles. The van der Waals surface area contributed by atoms with Crippen molar-refractivity contribution in [2.24, 2.45) is 40.4 Å². The van der Waals surface area contributed by atoms with Crippen molar-refractivity contribution in [2.45, 2.75) is 103 Å². The highest BCUT2D eigenvalue weighted by Gasteiger charge is 2.65. The van der Waals surface area contributed by atoms with E-state index < -0.39 is 29.5 Å². The number of fused-ring (bicyclic) bond motifs is 5. The van der Waals surface area contributed by atoms with Gasteiger partial charge in [0.25, 0.3) is 5.92 Å². The lowest BCUT2D eigenvalue weighted by Crippen LogP contribution is -2.61. The maximum absolute atomic E-state index is 14.6. The standard InChI is InChI=1S/C26H41F2NO5/c1-24-10-8-18-23(19(30)12-16-13-20(31)26(27,28)14-25(16,18)2)17(24)7-6-15(24)4-3-5-21(32)29-11-9-22(33)34/h15-20,23,30-31H,3-14H2,1-2H3,(H,29,32)(H,33,34). The van der Waals surface area contributed by atoms with Crippen LogP contribution in [0.1, 0.15) is 84.5 Å². The van der Waals surface area contributed by atoms with Gasteiger partial charge >= 0.3 is 5.97 Å². The minimum atomic E-state index is -3.07. The van der Waals surface area contributed by atoms with Crippen molar-refractivity contribution in [3.63, 3.8) is 0 Å². The van der Waals surface area contributed by atoms with Gasteiger partial charge in [0, 0.05) is 19.4 Å². The molecule has 34 heavy (non-hydrogen) atoms. The average Bonchev–Trinajstić information content (AvgIpc) is 3.06. The zero-order valence-electron chi connectivity index (χ0n) is 20.4. The Morgan fingerprint density at radius 3 is 2.41 bits per heavy atom. The van der Waals surface area contributed by atoms with E-state index in [1.54, 1.807) is 0 Å². The molecule has 0 aromatic carbocycles. The fourth-order valence-corrected chi connectivity index (χ4v) is 8.72. The summed E-state index contributed by atoms with van der Waals surface area (Å²) in [5, 5.41) is 32.6. The van der Waals surface area contributed by atoms with Crippen LogP contribution in [0.2, 0.25) is 0 Å². The molecule has 0 radical (unpaired) electrons. The van der Waals surface area contributed by atoms with Gasteiger partial charge in [-0.15, -0.1) is 0 Å². The summed E-state index contributed by atoms with van der Waals surface area (Å²) in [6, 6.07) is 0. The molecule has 4 fully saturated rings. The molecule has 4 rings (SSSR count). The van der Waals surface area contributed by atoms with Gasteiger partial charge in [-0.2, -0.15) is 0 Å². The number of amides is 1. The van der Waals surface area contributed by atoms with Gasteiger partial charge in [-0.1, -0.05) is 13.8 Å². The third-order valence-electron chi connectivity index (χ3n) is 10.5. The molecule has 0 bridgehead atoms. The van der Waals surface area contributed by atoms with E-state index in [4.69, 9.17) is 5.11 Å². The van der Waals surface area contributed by atoms with Gasteiger partial charge < -0.3 is 20.6 Å². The van der Waals surface area contributed by atoms with E-state index in [1.165, 1.54) is 0 Å². The summed E-state index contributed by atoms with van der Waals surface area (Å²) >= 11 is 0. The normalized spacial score (nSPS) is 45.1. The van der Waals surface area contributed by atoms with E-state index in [-0.39, 0.29) is 54.9 Å². The summed E-state index contributed by atoms with van der Waals surface area (Å²) < 4.78 is 29.2. The van der Waals surface area contributed by atoms with Gasteiger partial charge in [0.05, 0.1) is 12.5 Å². The predicted molar refractivity (Wildman–Crippen MR) is 122 cm³/mol. The Bertz CT molecular complexity index is 793. The van der Waals surface area contributed by atoms with Crippen LogP contribution in [0.4, 0.5) is 8.78 Å². The molecule has 9 unspecified atom stereocenters. The van der Waals surface area contributed by atoms with Gasteiger partial charge in [-0.3, -0.25) is 9.59 Å². The van der Waals surface area contributed by atoms with Gasteiger partial charge in [-0.25, -0.2) is 8.78 Å². The molecule has 0 saturated heterocycles. The number of alkyl halides is 2. The van der Waals surface area contributed by atoms with Crippen molar-refractivity contribution in [3.05, 3.63) is 0 Å². The first-order valence-electron chi connectivity index (χ1n) is 13.1. The van der Waals surface area contributed by atoms with Crippen LogP contribution < -0.4 is 5.32 Å². The third kappa shape index (κ3) is 4.49. The molecule has 0 aromatic heterocycles. The maximum atomic E-state index is 14.6. The number of carboxylic acid groups (broad SMARTS) is 1. The quantitative estimate of drug-likeness (QED) is 0.436. The molecule has 0 aromatic rings. The highest BCUT2D eigenvalue weighted by atomic mass is 19.3. The number of aliphatic carboxylic acids is 1. The fraction of sp³-hybridized carbons (Fsp3) is 0.923. The van der Waals surface area contributed by atoms with Crippen molar-refractivity contribution < 1.29 is 33.7 Å². The van der Waals surface area contributed by atoms with Crippen LogP contribution in [0.15, 0.2) is 0 Å². The summed E-state index contributed by atoms with van der Waals surface area (Å²) in [5.41, 5.74) is -0.512. The molecule has 1 amide bonds. The second-order valence-electron chi connectivity index (χ2n) is 12.2. The first-order valence-corrected chi connectivity index (χ1v) is 13.1. The molecule has 0 heterocycles. The zero-order chi connectivity index (χ0) is 24.9. The van der Waals surface area contributed by atoms with E-state index >= 15 is 0 Å². The number of aliphatic hydroxyl groups excluding tert-OH is 2. The molecule has 6 nitrogen and oxygen atoms in total. The van der Waals surface area contributed by atoms with E-state index in [2.05, 4.69) is 12.2 Å². The smallest absolute Gasteiger partial charge is 0.305 e. The van der Waals surface area contributed by atoms with E-state index in [9.17, 15) is 28.6 Å². The Kier molecular flexibility index (Phi) is 7.06. The molecular weight excluding hydrogens is 444 g/mol. The molecule has 8 heteroatoms. The lowest BCUT2D eigenvalue weighted by molar-refractivity contribution is -0.235. The van der Waals surface area contributed by atoms with E-state index in [0.717, 1.165) is 38.5 Å². The summed E-state index contributed by atoms with van der Waals surface area (Å²) in [7, 11) is 0. The van der Waals surface area contributed by atoms with Crippen molar-refractivity contribution in [1.29, 1.82) is 0 Å². The maximum Gasteiger partial charge on any atom is 0.305 e. The minimum Gasteiger partial charge on any atom is -0.481 e. The van der Waals surface area contributed by atoms with Crippen LogP contribution in [-0.4, -0.2) is 51.9 Å². The largest absolute Gasteiger partial charge is 0.481 e. The molecule has 4 saturated carbocycles. The summed E-state index contributed by atoms with van der Waals surface area (Å²) in [6.45, 7) is 4.44. The van der Waals surface area contributed by atoms with Crippen LogP contribution >= 0.6 is 0 Å². The fourth-order valence-electron chi connectivity index (χ4n) is 8.72. The molecule has 9 atom stereocenters. The second-order valence-corrected chi connectivity index (χ2v) is 12.2. The van der Waals surface area contributed by atoms with Crippen molar-refractivity contribution >= 4 is 11.9 Å². The van der Waals surface area contributed by atoms with Gasteiger partial charge in [0.1, 0.15) is 6.10 Å². The number of carboxylic acids is 1. The number of aliphatic hydroxyl groups is 2. The summed E-state index contributed by atoms with van der Waals surface area (Å²) in [6.07, 6.45) is 3.93. The molecule has 194 valence electrons. The minimum absolute atomic E-state index is 0.0235. The summed E-state index contributed by atoms with van der Waals surface area (Å²) in [5.74, 6) is -3.37. The highest BCUT2D eigenvalue weighted by molar-refractivity contribution is 5.76. The Morgan fingerprint density at radius 1 is 1.00 bits per heavy atom. The average molecular weight is 486 g/mol. The number of nitrogens with one attached hydrogen (secondary N) is 1. The third-order valence-corrected chi connectivity index (χ3v) is 10.5. The zero-order valence-corrected chi connectivity index (χ0v) is 20.4.